The van der Waals surface area contributed by atoms with Crippen molar-refractivity contribution in [3.05, 3.63) is 30.1 Å². The summed E-state index contributed by atoms with van der Waals surface area (Å²) >= 11 is 0. The van der Waals surface area contributed by atoms with E-state index in [9.17, 15) is 14.0 Å². The lowest BCUT2D eigenvalue weighted by Crippen LogP contribution is -2.42. The van der Waals surface area contributed by atoms with Crippen LogP contribution in [0.25, 0.3) is 0 Å². The molecule has 1 aromatic rings. The van der Waals surface area contributed by atoms with Crippen molar-refractivity contribution in [1.82, 2.24) is 10.2 Å². The number of nitrogens with zero attached hydrogens (tertiary/aromatic N) is 1. The van der Waals surface area contributed by atoms with Crippen LogP contribution in [-0.2, 0) is 9.53 Å². The first-order valence-corrected chi connectivity index (χ1v) is 10.4. The van der Waals surface area contributed by atoms with Gasteiger partial charge in [-0.15, -0.1) is 0 Å². The molecule has 6 nitrogen and oxygen atoms in total. The predicted octanol–water partition coefficient (Wildman–Crippen LogP) is 4.14. The van der Waals surface area contributed by atoms with Crippen LogP contribution in [0.5, 0.6) is 5.75 Å². The van der Waals surface area contributed by atoms with Gasteiger partial charge in [0.2, 0.25) is 5.91 Å². The number of amides is 2. The molecular weight excluding hydrogens is 375 g/mol. The molecule has 1 aliphatic rings. The molecule has 162 valence electrons. The van der Waals surface area contributed by atoms with Gasteiger partial charge in [0.25, 0.3) is 0 Å². The highest BCUT2D eigenvalue weighted by molar-refractivity contribution is 5.76. The highest BCUT2D eigenvalue weighted by Gasteiger charge is 2.27. The van der Waals surface area contributed by atoms with E-state index in [1.807, 2.05) is 20.8 Å². The lowest BCUT2D eigenvalue weighted by atomic mass is 9.93. The minimum absolute atomic E-state index is 0.0557. The molecule has 2 amide bonds. The van der Waals surface area contributed by atoms with Gasteiger partial charge in [0.15, 0.2) is 0 Å². The summed E-state index contributed by atoms with van der Waals surface area (Å²) < 4.78 is 23.7. The fourth-order valence-electron chi connectivity index (χ4n) is 3.16. The number of carbonyl (C=O) groups is 2. The van der Waals surface area contributed by atoms with Crippen LogP contribution in [0.15, 0.2) is 24.3 Å². The monoisotopic (exact) mass is 408 g/mol. The number of rotatable bonds is 8. The molecule has 1 saturated heterocycles. The standard InChI is InChI=1S/C22H33FN2O4/c1-22(2,3)29-21(27)25-13-10-17(11-14-25)16-20(26)24-12-4-5-15-28-19-8-6-18(23)7-9-19/h6-9,17H,4-5,10-16H2,1-3H3,(H,24,26). The molecule has 1 fully saturated rings. The first-order chi connectivity index (χ1) is 13.7. The summed E-state index contributed by atoms with van der Waals surface area (Å²) in [5.41, 5.74) is -0.488. The zero-order valence-electron chi connectivity index (χ0n) is 17.7. The highest BCUT2D eigenvalue weighted by Crippen LogP contribution is 2.22. The molecule has 0 unspecified atom stereocenters. The van der Waals surface area contributed by atoms with Gasteiger partial charge in [0.05, 0.1) is 6.61 Å². The number of unbranched alkanes of at least 4 members (excludes halogenated alkanes) is 1. The van der Waals surface area contributed by atoms with E-state index in [0.717, 1.165) is 25.7 Å². The molecule has 0 saturated carbocycles. The van der Waals surface area contributed by atoms with Crippen molar-refractivity contribution in [3.63, 3.8) is 0 Å². The zero-order valence-corrected chi connectivity index (χ0v) is 17.7. The van der Waals surface area contributed by atoms with Crippen LogP contribution in [0.1, 0.15) is 52.9 Å². The van der Waals surface area contributed by atoms with E-state index in [1.165, 1.54) is 12.1 Å². The van der Waals surface area contributed by atoms with Gasteiger partial charge in [0.1, 0.15) is 17.2 Å². The highest BCUT2D eigenvalue weighted by atomic mass is 19.1. The summed E-state index contributed by atoms with van der Waals surface area (Å²) in [5.74, 6) is 0.722. The molecule has 0 atom stereocenters. The predicted molar refractivity (Wildman–Crippen MR) is 109 cm³/mol. The van der Waals surface area contributed by atoms with E-state index in [-0.39, 0.29) is 17.8 Å². The summed E-state index contributed by atoms with van der Waals surface area (Å²) in [4.78, 5) is 25.9. The lowest BCUT2D eigenvalue weighted by molar-refractivity contribution is -0.122. The van der Waals surface area contributed by atoms with Crippen LogP contribution in [-0.4, -0.2) is 48.7 Å². The topological polar surface area (TPSA) is 67.9 Å². The van der Waals surface area contributed by atoms with E-state index in [2.05, 4.69) is 5.32 Å². The SMILES string of the molecule is CC(C)(C)OC(=O)N1CCC(CC(=O)NCCCCOc2ccc(F)cc2)CC1. The Morgan fingerprint density at radius 2 is 1.79 bits per heavy atom. The Balaban J connectivity index is 1.52. The average molecular weight is 409 g/mol. The molecule has 29 heavy (non-hydrogen) atoms. The van der Waals surface area contributed by atoms with E-state index >= 15 is 0 Å². The zero-order chi connectivity index (χ0) is 21.3. The number of nitrogens with one attached hydrogen (secondary N) is 1. The Labute approximate surface area is 172 Å². The number of carbonyl (C=O) groups excluding carboxylic acids is 2. The molecule has 1 aromatic carbocycles. The van der Waals surface area contributed by atoms with E-state index in [1.54, 1.807) is 17.0 Å². The number of likely N-dealkylation sites (tertiary alicyclic amines) is 1. The smallest absolute Gasteiger partial charge is 0.410 e. The Kier molecular flexibility index (Phi) is 8.73. The quantitative estimate of drug-likeness (QED) is 0.657. The molecule has 0 spiro atoms. The maximum atomic E-state index is 12.8. The molecule has 1 heterocycles. The Hall–Kier alpha value is -2.31. The third-order valence-electron chi connectivity index (χ3n) is 4.72. The third-order valence-corrected chi connectivity index (χ3v) is 4.72. The third kappa shape index (κ3) is 9.15. The van der Waals surface area contributed by atoms with E-state index in [0.29, 0.717) is 44.3 Å². The second-order valence-electron chi connectivity index (χ2n) is 8.47. The van der Waals surface area contributed by atoms with E-state index in [4.69, 9.17) is 9.47 Å². The van der Waals surface area contributed by atoms with Gasteiger partial charge in [-0.25, -0.2) is 9.18 Å². The summed E-state index contributed by atoms with van der Waals surface area (Å²) in [6, 6.07) is 5.94. The molecule has 7 heteroatoms. The number of benzene rings is 1. The van der Waals surface area contributed by atoms with Crippen LogP contribution in [0, 0.1) is 11.7 Å². The second-order valence-corrected chi connectivity index (χ2v) is 8.47. The van der Waals surface area contributed by atoms with E-state index < -0.39 is 5.60 Å². The van der Waals surface area contributed by atoms with Crippen molar-refractivity contribution in [1.29, 1.82) is 0 Å². The van der Waals surface area contributed by atoms with Gasteiger partial charge in [-0.3, -0.25) is 4.79 Å². The second kappa shape index (κ2) is 11.0. The average Bonchev–Trinajstić information content (AvgIpc) is 2.65. The van der Waals surface area contributed by atoms with Crippen LogP contribution in [0.3, 0.4) is 0 Å². The maximum absolute atomic E-state index is 12.8. The first kappa shape index (κ1) is 23.0. The summed E-state index contributed by atoms with van der Waals surface area (Å²) in [7, 11) is 0. The molecule has 0 bridgehead atoms. The fraction of sp³-hybridized carbons (Fsp3) is 0.636. The Bertz CT molecular complexity index is 650. The summed E-state index contributed by atoms with van der Waals surface area (Å²) in [6.07, 6.45) is 3.49. The van der Waals surface area contributed by atoms with Crippen molar-refractivity contribution in [2.75, 3.05) is 26.2 Å². The molecule has 0 aliphatic carbocycles. The van der Waals surface area contributed by atoms with Crippen LogP contribution >= 0.6 is 0 Å². The van der Waals surface area contributed by atoms with Gasteiger partial charge >= 0.3 is 6.09 Å². The van der Waals surface area contributed by atoms with Crippen molar-refractivity contribution in [2.45, 2.75) is 58.5 Å². The molecule has 2 rings (SSSR count). The first-order valence-electron chi connectivity index (χ1n) is 10.4. The minimum atomic E-state index is -0.488. The van der Waals surface area contributed by atoms with Gasteiger partial charge in [-0.2, -0.15) is 0 Å². The maximum Gasteiger partial charge on any atom is 0.410 e. The van der Waals surface area contributed by atoms with Gasteiger partial charge in [0, 0.05) is 26.1 Å². The lowest BCUT2D eigenvalue weighted by Gasteiger charge is -2.33. The van der Waals surface area contributed by atoms with Gasteiger partial charge < -0.3 is 19.7 Å². The van der Waals surface area contributed by atoms with Crippen molar-refractivity contribution < 1.29 is 23.5 Å². The molecule has 1 aliphatic heterocycles. The molecule has 0 aromatic heterocycles. The van der Waals surface area contributed by atoms with Crippen LogP contribution in [0.4, 0.5) is 9.18 Å². The molecule has 0 radical (unpaired) electrons. The van der Waals surface area contributed by atoms with Crippen molar-refractivity contribution in [2.24, 2.45) is 5.92 Å². The Morgan fingerprint density at radius 1 is 1.14 bits per heavy atom. The van der Waals surface area contributed by atoms with Crippen molar-refractivity contribution >= 4 is 12.0 Å². The normalized spacial score (nSPS) is 15.1. The summed E-state index contributed by atoms with van der Waals surface area (Å²) in [5, 5.41) is 2.95. The minimum Gasteiger partial charge on any atom is -0.494 e. The fourth-order valence-corrected chi connectivity index (χ4v) is 3.16. The summed E-state index contributed by atoms with van der Waals surface area (Å²) in [6.45, 7) is 7.99. The Morgan fingerprint density at radius 3 is 2.41 bits per heavy atom. The number of piperidine rings is 1. The molecular formula is C22H33FN2O4. The largest absolute Gasteiger partial charge is 0.494 e. The number of hydrogen-bond donors (Lipinski definition) is 1. The van der Waals surface area contributed by atoms with Gasteiger partial charge in [-0.05, 0) is 76.6 Å². The van der Waals surface area contributed by atoms with Crippen LogP contribution < -0.4 is 10.1 Å². The van der Waals surface area contributed by atoms with Crippen LogP contribution in [0.2, 0.25) is 0 Å². The number of hydrogen-bond acceptors (Lipinski definition) is 4. The van der Waals surface area contributed by atoms with Gasteiger partial charge in [-0.1, -0.05) is 0 Å². The molecule has 1 N–H and O–H groups in total. The number of halogens is 1. The van der Waals surface area contributed by atoms with Crippen molar-refractivity contribution in [3.8, 4) is 5.75 Å². The number of ether oxygens (including phenoxy) is 2.